The number of hydrogen-bond donors (Lipinski definition) is 23. The van der Waals surface area contributed by atoms with Crippen LogP contribution in [0.4, 0.5) is 0 Å². The van der Waals surface area contributed by atoms with E-state index in [-0.39, 0.29) is 102 Å². The maximum atomic E-state index is 15.4. The highest BCUT2D eigenvalue weighted by Crippen LogP contribution is 2.23. The summed E-state index contributed by atoms with van der Waals surface area (Å²) >= 11 is 10.5. The standard InChI is InChI=1S/C90H122ClN19O17S/c1-52(111)77(89(126)97-42-18-14-24-65(95)80(117)99-50-76(115)101-75(51-128)88(125)104-68(27-12-16-40-93)81(118)102-67(79(96)116)26-11-15-39-92)109-87(124)73(44-55-19-5-4-6-20-55)108-90(127)78(53(2)112)110-82(119)69(28-13-17-41-94)103-86(123)74(48-61-49-98-66-25-10-9-23-64(61)66)107-85(122)72(46-57-32-37-63(114)38-33-57)106-84(121)71(45-56-30-35-62(91)36-31-56)105-83(120)70(100-54(3)113)47-58-29-34-59-21-7-8-22-60(59)43-58/h4-10,19-23,25,29-38,43,49,52-53,65,67-75,77-78,98,111-112,114,128H,11-18,24,26-28,39-42,44-48,50-51,92-95H2,1-3H3,(H2,96,116)(H,97,126)(H,99,117)(H,100,113)(H,101,115)(H,102,118)(H,103,123)(H,104,125)(H,105,120)(H,106,121)(H,107,122)(H,108,127)(H,109,124)(H,110,119)/t52-,53-,65+,67+,68+,69+,70-,71+,72+,73+,74-,75+,77+,78+/m1/s1. The van der Waals surface area contributed by atoms with Crippen molar-refractivity contribution < 1.29 is 82.4 Å². The number of unbranched alkanes of at least 4 members (excludes halogenated alkanes) is 4. The number of nitrogens with one attached hydrogen (secondary N) is 14. The van der Waals surface area contributed by atoms with Gasteiger partial charge in [0.25, 0.3) is 0 Å². The van der Waals surface area contributed by atoms with Gasteiger partial charge in [0.1, 0.15) is 72.2 Å². The first-order valence-corrected chi connectivity index (χ1v) is 43.9. The molecule has 38 heteroatoms. The van der Waals surface area contributed by atoms with Gasteiger partial charge in [-0.25, -0.2) is 0 Å². The van der Waals surface area contributed by atoms with Crippen LogP contribution in [0.5, 0.6) is 5.75 Å². The molecule has 0 aliphatic carbocycles. The van der Waals surface area contributed by atoms with E-state index in [1.165, 1.54) is 45.0 Å². The number of nitrogens with two attached hydrogens (primary N) is 5. The van der Waals surface area contributed by atoms with Gasteiger partial charge in [-0.15, -0.1) is 0 Å². The van der Waals surface area contributed by atoms with Crippen LogP contribution in [0.1, 0.15) is 126 Å². The fraction of sp³-hybridized carbons (Fsp3) is 0.444. The Balaban J connectivity index is 1.02. The lowest BCUT2D eigenvalue weighted by Crippen LogP contribution is -2.62. The molecule has 0 spiro atoms. The number of carbonyl (C=O) groups is 14. The van der Waals surface area contributed by atoms with Gasteiger partial charge in [0.15, 0.2) is 0 Å². The average Bonchev–Trinajstić information content (AvgIpc) is 1.66. The van der Waals surface area contributed by atoms with Gasteiger partial charge >= 0.3 is 0 Å². The van der Waals surface area contributed by atoms with Gasteiger partial charge in [-0.05, 0) is 179 Å². The van der Waals surface area contributed by atoms with E-state index in [2.05, 4.69) is 86.7 Å². The van der Waals surface area contributed by atoms with Crippen molar-refractivity contribution in [1.82, 2.24) is 74.1 Å². The summed E-state index contributed by atoms with van der Waals surface area (Å²) in [5.74, 6) is -12.0. The number of aromatic nitrogens is 1. The molecule has 0 saturated carbocycles. The Morgan fingerprint density at radius 3 is 1.35 bits per heavy atom. The number of aromatic amines is 1. The molecule has 36 nitrogen and oxygen atoms in total. The molecule has 14 amide bonds. The van der Waals surface area contributed by atoms with Crippen LogP contribution in [0.25, 0.3) is 21.7 Å². The maximum absolute atomic E-state index is 15.4. The first kappa shape index (κ1) is 103. The first-order chi connectivity index (χ1) is 61.3. The van der Waals surface area contributed by atoms with Crippen LogP contribution < -0.4 is 97.8 Å². The van der Waals surface area contributed by atoms with Gasteiger partial charge in [0.2, 0.25) is 82.7 Å². The molecule has 692 valence electrons. The van der Waals surface area contributed by atoms with Crippen LogP contribution in [-0.4, -0.2) is 226 Å². The Labute approximate surface area is 753 Å². The minimum absolute atomic E-state index is 0.0199. The Kier molecular flexibility index (Phi) is 43.0. The molecule has 0 aliphatic heterocycles. The number of aliphatic hydroxyl groups excluding tert-OH is 2. The number of H-pyrrole nitrogens is 1. The number of primary amides is 1. The quantitative estimate of drug-likeness (QED) is 0.0174. The Hall–Kier alpha value is -12.1. The van der Waals surface area contributed by atoms with E-state index in [1.807, 2.05) is 42.5 Å². The molecule has 1 heterocycles. The second-order valence-corrected chi connectivity index (χ2v) is 32.4. The zero-order chi connectivity index (χ0) is 93.4. The molecule has 128 heavy (non-hydrogen) atoms. The third-order valence-electron chi connectivity index (χ3n) is 21.3. The molecular formula is C90H122ClN19O17S. The second-order valence-electron chi connectivity index (χ2n) is 31.6. The van der Waals surface area contributed by atoms with Crippen molar-refractivity contribution in [3.05, 3.63) is 185 Å². The summed E-state index contributed by atoms with van der Waals surface area (Å²) in [5, 5.41) is 69.9. The summed E-state index contributed by atoms with van der Waals surface area (Å²) in [6.07, 6.45) is 0.926. The molecule has 6 aromatic carbocycles. The van der Waals surface area contributed by atoms with Crippen LogP contribution >= 0.6 is 24.2 Å². The SMILES string of the molecule is CC(=O)N[C@H](Cc1ccc2ccccc2c1)C(=O)N[C@@H](Cc1ccc(Cl)cc1)C(=O)N[C@@H](Cc1ccc(O)cc1)C(=O)N[C@H](Cc1c[nH]c2ccccc12)C(=O)N[C@@H](CCCCN)C(=O)N[C@H](C(=O)N[C@@H](Cc1ccccc1)C(=O)N[C@H](C(=O)NCCCC[C@H](N)C(=O)NCC(=O)N[C@@H](CS)C(=O)N[C@@H](CCCCN)C(=O)N[C@@H](CCCCN)C(N)=O)[C@@H](C)O)[C@@H](C)O. The van der Waals surface area contributed by atoms with Gasteiger partial charge < -0.3 is 118 Å². The van der Waals surface area contributed by atoms with Crippen LogP contribution in [0, 0.1) is 0 Å². The van der Waals surface area contributed by atoms with Crippen molar-refractivity contribution in [2.24, 2.45) is 28.7 Å². The number of amides is 14. The lowest BCUT2D eigenvalue weighted by atomic mass is 9.99. The van der Waals surface area contributed by atoms with Gasteiger partial charge in [0.05, 0.1) is 24.8 Å². The van der Waals surface area contributed by atoms with E-state index in [4.69, 9.17) is 40.3 Å². The zero-order valence-electron chi connectivity index (χ0n) is 72.0. The molecule has 0 radical (unpaired) electrons. The summed E-state index contributed by atoms with van der Waals surface area (Å²) in [5.41, 5.74) is 32.3. The molecule has 0 bridgehead atoms. The normalized spacial score (nSPS) is 14.5. The van der Waals surface area contributed by atoms with E-state index in [0.29, 0.717) is 88.9 Å². The van der Waals surface area contributed by atoms with Gasteiger partial charge in [-0.3, -0.25) is 67.1 Å². The predicted octanol–water partition coefficient (Wildman–Crippen LogP) is -0.160. The predicted molar refractivity (Wildman–Crippen MR) is 487 cm³/mol. The van der Waals surface area contributed by atoms with Crippen molar-refractivity contribution in [3.8, 4) is 5.75 Å². The smallest absolute Gasteiger partial charge is 0.245 e. The number of benzene rings is 6. The lowest BCUT2D eigenvalue weighted by Gasteiger charge is -2.29. The lowest BCUT2D eigenvalue weighted by molar-refractivity contribution is -0.137. The molecule has 0 unspecified atom stereocenters. The summed E-state index contributed by atoms with van der Waals surface area (Å²) in [7, 11) is 0. The fourth-order valence-electron chi connectivity index (χ4n) is 14.2. The van der Waals surface area contributed by atoms with E-state index >= 15 is 14.4 Å². The summed E-state index contributed by atoms with van der Waals surface area (Å²) in [6.45, 7) is 3.87. The van der Waals surface area contributed by atoms with Crippen LogP contribution in [-0.2, 0) is 99.2 Å². The summed E-state index contributed by atoms with van der Waals surface area (Å²) < 4.78 is 0. The Bertz CT molecular complexity index is 4860. The van der Waals surface area contributed by atoms with Crippen molar-refractivity contribution in [2.75, 3.05) is 38.5 Å². The number of aliphatic hydroxyl groups is 2. The number of para-hydroxylation sites is 1. The number of fused-ring (bicyclic) bond motifs is 2. The second kappa shape index (κ2) is 53.5. The van der Waals surface area contributed by atoms with E-state index in [1.54, 1.807) is 85.1 Å². The highest BCUT2D eigenvalue weighted by atomic mass is 35.5. The molecule has 7 aromatic rings. The topological polar surface area (TPSA) is 602 Å². The molecule has 27 N–H and O–H groups in total. The number of aromatic hydroxyl groups is 1. The van der Waals surface area contributed by atoms with Gasteiger partial charge in [-0.1, -0.05) is 127 Å². The van der Waals surface area contributed by atoms with E-state index in [9.17, 15) is 68.1 Å². The first-order valence-electron chi connectivity index (χ1n) is 42.8. The minimum atomic E-state index is -1.85. The molecule has 0 aliphatic rings. The highest BCUT2D eigenvalue weighted by molar-refractivity contribution is 7.80. The van der Waals surface area contributed by atoms with Crippen LogP contribution in [0.2, 0.25) is 5.02 Å². The van der Waals surface area contributed by atoms with E-state index in [0.717, 1.165) is 10.8 Å². The highest BCUT2D eigenvalue weighted by Gasteiger charge is 2.39. The Morgan fingerprint density at radius 1 is 0.406 bits per heavy atom. The fourth-order valence-corrected chi connectivity index (χ4v) is 14.6. The van der Waals surface area contributed by atoms with Gasteiger partial charge in [0, 0.05) is 73.4 Å². The number of hydrogen-bond acceptors (Lipinski definition) is 22. The van der Waals surface area contributed by atoms with Gasteiger partial charge in [-0.2, -0.15) is 12.6 Å². The minimum Gasteiger partial charge on any atom is -0.508 e. The number of thiol groups is 1. The van der Waals surface area contributed by atoms with Crippen molar-refractivity contribution in [3.63, 3.8) is 0 Å². The largest absolute Gasteiger partial charge is 0.508 e. The third-order valence-corrected chi connectivity index (χ3v) is 21.9. The third kappa shape index (κ3) is 34.2. The number of phenolic OH excluding ortho intramolecular Hbond substituents is 1. The van der Waals surface area contributed by atoms with Crippen molar-refractivity contribution in [1.29, 1.82) is 0 Å². The number of carbonyl (C=O) groups excluding carboxylic acids is 14. The average molecular weight is 1810 g/mol. The van der Waals surface area contributed by atoms with E-state index < -0.39 is 174 Å². The molecule has 0 saturated heterocycles. The molecule has 14 atom stereocenters. The summed E-state index contributed by atoms with van der Waals surface area (Å²) in [4.78, 5) is 200. The number of phenols is 1. The maximum Gasteiger partial charge on any atom is 0.245 e. The summed E-state index contributed by atoms with van der Waals surface area (Å²) in [6, 6.07) is 24.1. The van der Waals surface area contributed by atoms with Crippen molar-refractivity contribution >= 4 is 129 Å². The Morgan fingerprint density at radius 2 is 0.820 bits per heavy atom. The van der Waals surface area contributed by atoms with Crippen LogP contribution in [0.15, 0.2) is 152 Å². The molecule has 7 rings (SSSR count). The number of rotatable bonds is 55. The monoisotopic (exact) mass is 1810 g/mol. The number of halogens is 1. The van der Waals surface area contributed by atoms with Crippen molar-refractivity contribution in [2.45, 2.75) is 215 Å². The zero-order valence-corrected chi connectivity index (χ0v) is 73.7. The molecule has 0 fully saturated rings. The molecule has 1 aromatic heterocycles. The molecular weight excluding hydrogens is 1690 g/mol. The van der Waals surface area contributed by atoms with Crippen LogP contribution in [0.3, 0.4) is 0 Å².